The van der Waals surface area contributed by atoms with Crippen LogP contribution in [0.15, 0.2) is 18.2 Å². The van der Waals surface area contributed by atoms with Crippen LogP contribution in [0.4, 0.5) is 0 Å². The topological polar surface area (TPSA) is 74.9 Å². The highest BCUT2D eigenvalue weighted by Crippen LogP contribution is 2.26. The van der Waals surface area contributed by atoms with E-state index in [9.17, 15) is 5.11 Å². The highest BCUT2D eigenvalue weighted by atomic mass is 16.3. The summed E-state index contributed by atoms with van der Waals surface area (Å²) in [5, 5.41) is 9.50. The Labute approximate surface area is 107 Å². The molecule has 4 nitrogen and oxygen atoms in total. The molecule has 0 unspecified atom stereocenters. The zero-order valence-corrected chi connectivity index (χ0v) is 11.4. The molecule has 0 aliphatic carbocycles. The van der Waals surface area contributed by atoms with Crippen molar-refractivity contribution in [1.29, 1.82) is 0 Å². The van der Waals surface area contributed by atoms with E-state index in [0.717, 1.165) is 11.0 Å². The molecule has 0 aliphatic heterocycles. The molecule has 2 atom stereocenters. The number of H-pyrrole nitrogens is 1. The van der Waals surface area contributed by atoms with Crippen molar-refractivity contribution in [3.8, 4) is 0 Å². The third kappa shape index (κ3) is 2.40. The predicted molar refractivity (Wildman–Crippen MR) is 73.4 cm³/mol. The van der Waals surface area contributed by atoms with Gasteiger partial charge in [0.05, 0.1) is 23.2 Å². The Morgan fingerprint density at radius 3 is 2.56 bits per heavy atom. The van der Waals surface area contributed by atoms with E-state index in [1.807, 2.05) is 6.07 Å². The number of benzene rings is 1. The quantitative estimate of drug-likeness (QED) is 0.762. The Hall–Kier alpha value is -1.39. The largest absolute Gasteiger partial charge is 0.391 e. The summed E-state index contributed by atoms with van der Waals surface area (Å²) in [4.78, 5) is 7.63. The molecule has 98 valence electrons. The van der Waals surface area contributed by atoms with Crippen molar-refractivity contribution < 1.29 is 5.11 Å². The van der Waals surface area contributed by atoms with Gasteiger partial charge in [0.2, 0.25) is 0 Å². The first-order valence-electron chi connectivity index (χ1n) is 6.23. The van der Waals surface area contributed by atoms with Crippen molar-refractivity contribution in [2.24, 2.45) is 5.73 Å². The number of nitrogens with one attached hydrogen (secondary N) is 1. The van der Waals surface area contributed by atoms with Crippen molar-refractivity contribution in [3.05, 3.63) is 29.6 Å². The second kappa shape index (κ2) is 4.37. The van der Waals surface area contributed by atoms with Crippen LogP contribution in [0.5, 0.6) is 0 Å². The maximum Gasteiger partial charge on any atom is 0.126 e. The number of nitrogens with two attached hydrogens (primary N) is 1. The summed E-state index contributed by atoms with van der Waals surface area (Å²) >= 11 is 0. The Bertz CT molecular complexity index is 552. The van der Waals surface area contributed by atoms with Gasteiger partial charge in [0, 0.05) is 0 Å². The second-order valence-electron chi connectivity index (χ2n) is 5.87. The SMILES string of the molecule is C[C@@H](O)[C@H](N)c1nc2cc(C(C)(C)C)ccc2[nH]1. The summed E-state index contributed by atoms with van der Waals surface area (Å²) in [6.07, 6.45) is -0.618. The van der Waals surface area contributed by atoms with E-state index >= 15 is 0 Å². The minimum absolute atomic E-state index is 0.0969. The lowest BCUT2D eigenvalue weighted by molar-refractivity contribution is 0.161. The smallest absolute Gasteiger partial charge is 0.126 e. The van der Waals surface area contributed by atoms with Gasteiger partial charge in [0.15, 0.2) is 0 Å². The number of aliphatic hydroxyl groups is 1. The molecule has 2 aromatic rings. The second-order valence-corrected chi connectivity index (χ2v) is 5.87. The van der Waals surface area contributed by atoms with Crippen LogP contribution in [-0.2, 0) is 5.41 Å². The van der Waals surface area contributed by atoms with Crippen LogP contribution < -0.4 is 5.73 Å². The highest BCUT2D eigenvalue weighted by Gasteiger charge is 2.18. The molecule has 0 fully saturated rings. The molecule has 0 radical (unpaired) electrons. The van der Waals surface area contributed by atoms with Gasteiger partial charge in [-0.15, -0.1) is 0 Å². The van der Waals surface area contributed by atoms with Gasteiger partial charge in [-0.3, -0.25) is 0 Å². The third-order valence-corrected chi connectivity index (χ3v) is 3.20. The average Bonchev–Trinajstić information content (AvgIpc) is 2.68. The van der Waals surface area contributed by atoms with E-state index in [1.165, 1.54) is 5.56 Å². The van der Waals surface area contributed by atoms with E-state index in [-0.39, 0.29) is 5.41 Å². The van der Waals surface area contributed by atoms with Crippen LogP contribution >= 0.6 is 0 Å². The van der Waals surface area contributed by atoms with Crippen molar-refractivity contribution in [1.82, 2.24) is 9.97 Å². The van der Waals surface area contributed by atoms with E-state index < -0.39 is 12.1 Å². The molecular weight excluding hydrogens is 226 g/mol. The number of aliphatic hydroxyl groups excluding tert-OH is 1. The molecule has 1 aromatic carbocycles. The average molecular weight is 247 g/mol. The molecule has 1 heterocycles. The zero-order valence-electron chi connectivity index (χ0n) is 11.4. The summed E-state index contributed by atoms with van der Waals surface area (Å²) in [6, 6.07) is 5.71. The molecule has 0 amide bonds. The Morgan fingerprint density at radius 2 is 2.00 bits per heavy atom. The zero-order chi connectivity index (χ0) is 13.5. The van der Waals surface area contributed by atoms with Crippen molar-refractivity contribution in [2.45, 2.75) is 45.3 Å². The first-order valence-corrected chi connectivity index (χ1v) is 6.23. The van der Waals surface area contributed by atoms with Crippen molar-refractivity contribution in [3.63, 3.8) is 0 Å². The molecule has 0 spiro atoms. The molecule has 4 N–H and O–H groups in total. The van der Waals surface area contributed by atoms with Crippen LogP contribution in [0.3, 0.4) is 0 Å². The van der Waals surface area contributed by atoms with Gasteiger partial charge in [-0.1, -0.05) is 26.8 Å². The minimum Gasteiger partial charge on any atom is -0.391 e. The van der Waals surface area contributed by atoms with Gasteiger partial charge in [-0.25, -0.2) is 4.98 Å². The fourth-order valence-electron chi connectivity index (χ4n) is 1.88. The molecule has 4 heteroatoms. The summed E-state index contributed by atoms with van der Waals surface area (Å²) in [5.74, 6) is 0.631. The molecule has 0 bridgehead atoms. The van der Waals surface area contributed by atoms with E-state index in [0.29, 0.717) is 5.82 Å². The maximum atomic E-state index is 9.50. The number of rotatable bonds is 2. The van der Waals surface area contributed by atoms with Crippen LogP contribution in [0.25, 0.3) is 11.0 Å². The number of aromatic amines is 1. The van der Waals surface area contributed by atoms with E-state index in [2.05, 4.69) is 42.9 Å². The van der Waals surface area contributed by atoms with Gasteiger partial charge in [0.25, 0.3) is 0 Å². The summed E-state index contributed by atoms with van der Waals surface area (Å²) in [6.45, 7) is 8.17. The number of nitrogens with zero attached hydrogens (tertiary/aromatic N) is 1. The van der Waals surface area contributed by atoms with Crippen molar-refractivity contribution in [2.75, 3.05) is 0 Å². The summed E-state index contributed by atoms with van der Waals surface area (Å²) in [7, 11) is 0. The lowest BCUT2D eigenvalue weighted by Crippen LogP contribution is -2.24. The summed E-state index contributed by atoms with van der Waals surface area (Å²) in [5.41, 5.74) is 9.06. The van der Waals surface area contributed by atoms with Crippen LogP contribution in [0.2, 0.25) is 0 Å². The Morgan fingerprint density at radius 1 is 1.33 bits per heavy atom. The van der Waals surface area contributed by atoms with Gasteiger partial charge < -0.3 is 15.8 Å². The third-order valence-electron chi connectivity index (χ3n) is 3.20. The monoisotopic (exact) mass is 247 g/mol. The molecule has 1 aromatic heterocycles. The fourth-order valence-corrected chi connectivity index (χ4v) is 1.88. The first kappa shape index (κ1) is 13.1. The van der Waals surface area contributed by atoms with Crippen molar-refractivity contribution >= 4 is 11.0 Å². The molecule has 18 heavy (non-hydrogen) atoms. The van der Waals surface area contributed by atoms with Crippen LogP contribution in [-0.4, -0.2) is 21.2 Å². The normalized spacial score (nSPS) is 15.9. The standard InChI is InChI=1S/C14H21N3O/c1-8(18)12(15)13-16-10-6-5-9(14(2,3)4)7-11(10)17-13/h5-8,12,18H,15H2,1-4H3,(H,16,17)/t8-,12+/m1/s1. The fraction of sp³-hybridized carbons (Fsp3) is 0.500. The lowest BCUT2D eigenvalue weighted by Gasteiger charge is -2.18. The molecule has 0 aliphatic rings. The van der Waals surface area contributed by atoms with E-state index in [4.69, 9.17) is 5.73 Å². The highest BCUT2D eigenvalue weighted by molar-refractivity contribution is 5.76. The maximum absolute atomic E-state index is 9.50. The number of hydrogen-bond acceptors (Lipinski definition) is 3. The molecule has 2 rings (SSSR count). The first-order chi connectivity index (χ1) is 8.29. The van der Waals surface area contributed by atoms with Gasteiger partial charge >= 0.3 is 0 Å². The van der Waals surface area contributed by atoms with E-state index in [1.54, 1.807) is 6.92 Å². The number of aromatic nitrogens is 2. The Balaban J connectivity index is 2.46. The summed E-state index contributed by atoms with van der Waals surface area (Å²) < 4.78 is 0. The van der Waals surface area contributed by atoms with Gasteiger partial charge in [0.1, 0.15) is 5.82 Å². The number of imidazole rings is 1. The minimum atomic E-state index is -0.618. The predicted octanol–water partition coefficient (Wildman–Crippen LogP) is 2.24. The van der Waals surface area contributed by atoms with Crippen LogP contribution in [0, 0.1) is 0 Å². The van der Waals surface area contributed by atoms with Crippen LogP contribution in [0.1, 0.15) is 45.1 Å². The number of hydrogen-bond donors (Lipinski definition) is 3. The van der Waals surface area contributed by atoms with Gasteiger partial charge in [-0.05, 0) is 30.0 Å². The number of fused-ring (bicyclic) bond motifs is 1. The molecular formula is C14H21N3O. The molecule has 0 saturated carbocycles. The molecule has 0 saturated heterocycles. The Kier molecular flexibility index (Phi) is 3.17. The van der Waals surface area contributed by atoms with Gasteiger partial charge in [-0.2, -0.15) is 0 Å². The lowest BCUT2D eigenvalue weighted by atomic mass is 9.87.